The molecular weight excluding hydrogens is 335 g/mol. The maximum atomic E-state index is 12.5. The van der Waals surface area contributed by atoms with E-state index in [9.17, 15) is 13.2 Å². The van der Waals surface area contributed by atoms with Gasteiger partial charge < -0.3 is 9.84 Å². The molecule has 0 bridgehead atoms. The first-order valence-electron chi connectivity index (χ1n) is 6.73. The maximum absolute atomic E-state index is 12.5. The second-order valence-electron chi connectivity index (χ2n) is 5.09. The van der Waals surface area contributed by atoms with Gasteiger partial charge in [-0.25, -0.2) is 0 Å². The number of rotatable bonds is 2. The van der Waals surface area contributed by atoms with E-state index in [0.717, 1.165) is 25.4 Å². The Kier molecular flexibility index (Phi) is 5.23. The van der Waals surface area contributed by atoms with Crippen LogP contribution in [0.2, 0.25) is 0 Å². The van der Waals surface area contributed by atoms with Crippen molar-refractivity contribution in [1.82, 2.24) is 25.3 Å². The average Bonchev–Trinajstić information content (AvgIpc) is 2.96. The normalized spacial score (nSPS) is 19.4. The Bertz CT molecular complexity index is 646. The van der Waals surface area contributed by atoms with Crippen molar-refractivity contribution in [2.45, 2.75) is 12.2 Å². The molecule has 0 radical (unpaired) electrons. The van der Waals surface area contributed by atoms with Crippen LogP contribution in [-0.2, 0) is 6.18 Å². The molecule has 2 aromatic heterocycles. The topological polar surface area (TPSA) is 67.1 Å². The predicted molar refractivity (Wildman–Crippen MR) is 78.0 cm³/mol. The van der Waals surface area contributed by atoms with E-state index in [4.69, 9.17) is 4.52 Å². The molecule has 3 heterocycles. The van der Waals surface area contributed by atoms with Gasteiger partial charge in [0.25, 0.3) is 5.89 Å². The largest absolute Gasteiger partial charge is 0.417 e. The number of halogens is 4. The SMILES string of the molecule is CN1CCNCC1c1noc(-c2ccc(C(F)(F)F)cn2)n1.Cl. The van der Waals surface area contributed by atoms with Gasteiger partial charge in [0, 0.05) is 25.8 Å². The first-order chi connectivity index (χ1) is 10.4. The number of alkyl halides is 3. The molecule has 0 saturated carbocycles. The monoisotopic (exact) mass is 349 g/mol. The summed E-state index contributed by atoms with van der Waals surface area (Å²) in [7, 11) is 1.96. The summed E-state index contributed by atoms with van der Waals surface area (Å²) in [5, 5.41) is 7.14. The Balaban J connectivity index is 0.00000192. The Hall–Kier alpha value is -1.71. The number of nitrogens with zero attached hydrogens (tertiary/aromatic N) is 4. The molecule has 0 amide bonds. The van der Waals surface area contributed by atoms with Gasteiger partial charge in [0.05, 0.1) is 11.6 Å². The van der Waals surface area contributed by atoms with Crippen molar-refractivity contribution in [3.05, 3.63) is 29.7 Å². The molecule has 126 valence electrons. The number of piperazine rings is 1. The van der Waals surface area contributed by atoms with E-state index in [-0.39, 0.29) is 30.0 Å². The van der Waals surface area contributed by atoms with E-state index in [1.54, 1.807) is 0 Å². The van der Waals surface area contributed by atoms with Crippen LogP contribution in [0.5, 0.6) is 0 Å². The molecule has 10 heteroatoms. The van der Waals surface area contributed by atoms with E-state index in [1.165, 1.54) is 6.07 Å². The van der Waals surface area contributed by atoms with E-state index < -0.39 is 11.7 Å². The van der Waals surface area contributed by atoms with Crippen LogP contribution in [0.25, 0.3) is 11.6 Å². The van der Waals surface area contributed by atoms with Crippen LogP contribution in [0.15, 0.2) is 22.9 Å². The highest BCUT2D eigenvalue weighted by Crippen LogP contribution is 2.29. The third-order valence-electron chi connectivity index (χ3n) is 3.56. The molecule has 1 unspecified atom stereocenters. The molecule has 6 nitrogen and oxygen atoms in total. The summed E-state index contributed by atoms with van der Waals surface area (Å²) in [5.74, 6) is 0.606. The van der Waals surface area contributed by atoms with E-state index >= 15 is 0 Å². The number of hydrogen-bond donors (Lipinski definition) is 1. The van der Waals surface area contributed by atoms with Gasteiger partial charge in [-0.2, -0.15) is 18.2 Å². The van der Waals surface area contributed by atoms with Gasteiger partial charge in [0.15, 0.2) is 5.82 Å². The average molecular weight is 350 g/mol. The number of aromatic nitrogens is 3. The number of likely N-dealkylation sites (N-methyl/N-ethyl adjacent to an activating group) is 1. The Morgan fingerprint density at radius 3 is 2.74 bits per heavy atom. The van der Waals surface area contributed by atoms with Crippen molar-refractivity contribution in [2.24, 2.45) is 0 Å². The fraction of sp³-hybridized carbons (Fsp3) is 0.462. The van der Waals surface area contributed by atoms with Crippen molar-refractivity contribution >= 4 is 12.4 Å². The van der Waals surface area contributed by atoms with Crippen molar-refractivity contribution in [2.75, 3.05) is 26.7 Å². The minimum absolute atomic E-state index is 0. The summed E-state index contributed by atoms with van der Waals surface area (Å²) in [4.78, 5) is 10.1. The number of hydrogen-bond acceptors (Lipinski definition) is 6. The molecule has 3 rings (SSSR count). The molecule has 1 aliphatic rings. The summed E-state index contributed by atoms with van der Waals surface area (Å²) in [5.41, 5.74) is -0.592. The lowest BCUT2D eigenvalue weighted by Gasteiger charge is -2.30. The number of pyridine rings is 1. The zero-order valence-electron chi connectivity index (χ0n) is 12.2. The quantitative estimate of drug-likeness (QED) is 0.896. The molecule has 1 saturated heterocycles. The molecule has 0 aromatic carbocycles. The van der Waals surface area contributed by atoms with Crippen molar-refractivity contribution in [3.8, 4) is 11.6 Å². The van der Waals surface area contributed by atoms with Gasteiger partial charge in [-0.1, -0.05) is 5.16 Å². The van der Waals surface area contributed by atoms with Gasteiger partial charge in [-0.05, 0) is 19.2 Å². The molecular formula is C13H15ClF3N5O. The third-order valence-corrected chi connectivity index (χ3v) is 3.56. The van der Waals surface area contributed by atoms with Gasteiger partial charge in [-0.15, -0.1) is 12.4 Å². The highest BCUT2D eigenvalue weighted by atomic mass is 35.5. The molecule has 1 aliphatic heterocycles. The van der Waals surface area contributed by atoms with Crippen LogP contribution in [0.4, 0.5) is 13.2 Å². The van der Waals surface area contributed by atoms with Crippen LogP contribution < -0.4 is 5.32 Å². The summed E-state index contributed by atoms with van der Waals surface area (Å²) >= 11 is 0. The minimum Gasteiger partial charge on any atom is -0.332 e. The highest BCUT2D eigenvalue weighted by molar-refractivity contribution is 5.85. The van der Waals surface area contributed by atoms with Crippen molar-refractivity contribution < 1.29 is 17.7 Å². The minimum atomic E-state index is -4.41. The van der Waals surface area contributed by atoms with Crippen LogP contribution in [-0.4, -0.2) is 46.7 Å². The lowest BCUT2D eigenvalue weighted by molar-refractivity contribution is -0.137. The van der Waals surface area contributed by atoms with Crippen molar-refractivity contribution in [1.29, 1.82) is 0 Å². The smallest absolute Gasteiger partial charge is 0.332 e. The first-order valence-corrected chi connectivity index (χ1v) is 6.73. The number of nitrogens with one attached hydrogen (secondary N) is 1. The Morgan fingerprint density at radius 2 is 2.13 bits per heavy atom. The van der Waals surface area contributed by atoms with Crippen molar-refractivity contribution in [3.63, 3.8) is 0 Å². The second-order valence-corrected chi connectivity index (χ2v) is 5.09. The van der Waals surface area contributed by atoms with E-state index in [1.807, 2.05) is 7.05 Å². The van der Waals surface area contributed by atoms with Gasteiger partial charge in [-0.3, -0.25) is 9.88 Å². The highest BCUT2D eigenvalue weighted by Gasteiger charge is 2.31. The molecule has 0 spiro atoms. The predicted octanol–water partition coefficient (Wildman–Crippen LogP) is 2.15. The Labute approximate surface area is 136 Å². The molecule has 23 heavy (non-hydrogen) atoms. The van der Waals surface area contributed by atoms with Crippen LogP contribution in [0, 0.1) is 0 Å². The molecule has 1 fully saturated rings. The maximum Gasteiger partial charge on any atom is 0.417 e. The van der Waals surface area contributed by atoms with E-state index in [0.29, 0.717) is 12.4 Å². The summed E-state index contributed by atoms with van der Waals surface area (Å²) in [6, 6.07) is 2.14. The van der Waals surface area contributed by atoms with Crippen LogP contribution in [0.3, 0.4) is 0 Å². The lowest BCUT2D eigenvalue weighted by atomic mass is 10.2. The van der Waals surface area contributed by atoms with Gasteiger partial charge in [0.2, 0.25) is 0 Å². The fourth-order valence-electron chi connectivity index (χ4n) is 2.26. The fourth-order valence-corrected chi connectivity index (χ4v) is 2.26. The second kappa shape index (κ2) is 6.81. The van der Waals surface area contributed by atoms with Gasteiger partial charge in [0.1, 0.15) is 5.69 Å². The molecule has 1 atom stereocenters. The van der Waals surface area contributed by atoms with E-state index in [2.05, 4.69) is 25.3 Å². The zero-order chi connectivity index (χ0) is 15.7. The Morgan fingerprint density at radius 1 is 1.35 bits per heavy atom. The zero-order valence-corrected chi connectivity index (χ0v) is 13.0. The molecule has 0 aliphatic carbocycles. The summed E-state index contributed by atoms with van der Waals surface area (Å²) in [6.45, 7) is 2.43. The summed E-state index contributed by atoms with van der Waals surface area (Å²) in [6.07, 6.45) is -3.66. The third kappa shape index (κ3) is 3.80. The standard InChI is InChI=1S/C13H14F3N5O.ClH/c1-21-5-4-17-7-10(21)11-19-12(22-20-11)9-3-2-8(6-18-9)13(14,15)16;/h2-3,6,10,17H,4-5,7H2,1H3;1H. The van der Waals surface area contributed by atoms with Crippen LogP contribution >= 0.6 is 12.4 Å². The van der Waals surface area contributed by atoms with Crippen LogP contribution in [0.1, 0.15) is 17.4 Å². The lowest BCUT2D eigenvalue weighted by Crippen LogP contribution is -2.44. The first kappa shape index (κ1) is 17.6. The van der Waals surface area contributed by atoms with Gasteiger partial charge >= 0.3 is 6.18 Å². The molecule has 1 N–H and O–H groups in total. The summed E-state index contributed by atoms with van der Waals surface area (Å²) < 4.78 is 42.6. The molecule has 2 aromatic rings.